The van der Waals surface area contributed by atoms with Crippen molar-refractivity contribution in [3.05, 3.63) is 23.8 Å². The Bertz CT molecular complexity index is 482. The van der Waals surface area contributed by atoms with Crippen LogP contribution in [-0.2, 0) is 9.53 Å². The van der Waals surface area contributed by atoms with Crippen LogP contribution in [0.3, 0.4) is 0 Å². The third kappa shape index (κ3) is 5.45. The summed E-state index contributed by atoms with van der Waals surface area (Å²) in [5.74, 6) is 0.807. The Hall–Kier alpha value is -2.04. The van der Waals surface area contributed by atoms with E-state index in [0.29, 0.717) is 36.7 Å². The largest absolute Gasteiger partial charge is 0.494 e. The highest BCUT2D eigenvalue weighted by Crippen LogP contribution is 2.26. The lowest BCUT2D eigenvalue weighted by Gasteiger charge is -2.11. The van der Waals surface area contributed by atoms with Crippen molar-refractivity contribution in [2.45, 2.75) is 33.1 Å². The first-order valence-electron chi connectivity index (χ1n) is 7.12. The summed E-state index contributed by atoms with van der Waals surface area (Å²) in [7, 11) is 1.34. The fraction of sp³-hybridized carbons (Fsp3) is 0.500. The van der Waals surface area contributed by atoms with E-state index in [9.17, 15) is 9.59 Å². The predicted molar refractivity (Wildman–Crippen MR) is 79.0 cm³/mol. The maximum absolute atomic E-state index is 12.3. The van der Waals surface area contributed by atoms with Gasteiger partial charge < -0.3 is 14.2 Å². The van der Waals surface area contributed by atoms with Crippen LogP contribution in [0.15, 0.2) is 18.2 Å². The Kier molecular flexibility index (Phi) is 7.29. The van der Waals surface area contributed by atoms with Gasteiger partial charge in [0, 0.05) is 12.8 Å². The lowest BCUT2D eigenvalue weighted by molar-refractivity contribution is -0.140. The molecule has 0 fully saturated rings. The van der Waals surface area contributed by atoms with E-state index in [0.717, 1.165) is 0 Å². The fourth-order valence-corrected chi connectivity index (χ4v) is 1.89. The van der Waals surface area contributed by atoms with Crippen LogP contribution in [0.5, 0.6) is 11.5 Å². The number of hydrogen-bond acceptors (Lipinski definition) is 5. The second-order valence-electron chi connectivity index (χ2n) is 4.38. The number of ketones is 1. The van der Waals surface area contributed by atoms with Gasteiger partial charge in [0.15, 0.2) is 5.78 Å². The molecule has 1 rings (SSSR count). The zero-order chi connectivity index (χ0) is 15.7. The highest BCUT2D eigenvalue weighted by atomic mass is 16.5. The Labute approximate surface area is 125 Å². The summed E-state index contributed by atoms with van der Waals surface area (Å²) in [6.45, 7) is 4.76. The van der Waals surface area contributed by atoms with E-state index in [-0.39, 0.29) is 24.6 Å². The molecule has 0 saturated heterocycles. The van der Waals surface area contributed by atoms with Gasteiger partial charge in [-0.05, 0) is 38.5 Å². The molecule has 0 N–H and O–H groups in total. The monoisotopic (exact) mass is 294 g/mol. The average Bonchev–Trinajstić information content (AvgIpc) is 2.49. The minimum absolute atomic E-state index is 0.0658. The van der Waals surface area contributed by atoms with Crippen molar-refractivity contribution in [2.75, 3.05) is 20.3 Å². The van der Waals surface area contributed by atoms with Crippen molar-refractivity contribution in [2.24, 2.45) is 0 Å². The molecule has 0 aliphatic heterocycles. The van der Waals surface area contributed by atoms with Gasteiger partial charge in [-0.25, -0.2) is 0 Å². The average molecular weight is 294 g/mol. The number of esters is 1. The van der Waals surface area contributed by atoms with Crippen LogP contribution in [0.1, 0.15) is 43.5 Å². The van der Waals surface area contributed by atoms with Gasteiger partial charge in [0.05, 0.1) is 25.9 Å². The molecule has 0 unspecified atom stereocenters. The van der Waals surface area contributed by atoms with Gasteiger partial charge in [0.1, 0.15) is 11.5 Å². The quantitative estimate of drug-likeness (QED) is 0.517. The van der Waals surface area contributed by atoms with E-state index in [2.05, 4.69) is 4.74 Å². The highest BCUT2D eigenvalue weighted by molar-refractivity contribution is 5.99. The molecular weight excluding hydrogens is 272 g/mol. The zero-order valence-electron chi connectivity index (χ0n) is 12.8. The molecule has 0 aliphatic rings. The van der Waals surface area contributed by atoms with Crippen LogP contribution >= 0.6 is 0 Å². The van der Waals surface area contributed by atoms with Crippen LogP contribution in [0, 0.1) is 0 Å². The minimum atomic E-state index is -0.309. The first-order valence-corrected chi connectivity index (χ1v) is 7.12. The van der Waals surface area contributed by atoms with E-state index in [4.69, 9.17) is 9.47 Å². The van der Waals surface area contributed by atoms with Crippen LogP contribution in [0.2, 0.25) is 0 Å². The van der Waals surface area contributed by atoms with E-state index in [1.807, 2.05) is 13.8 Å². The third-order valence-electron chi connectivity index (χ3n) is 2.87. The van der Waals surface area contributed by atoms with Gasteiger partial charge in [-0.3, -0.25) is 9.59 Å². The lowest BCUT2D eigenvalue weighted by Crippen LogP contribution is -2.07. The predicted octanol–water partition coefficient (Wildman–Crippen LogP) is 3.01. The molecule has 0 amide bonds. The molecule has 5 heteroatoms. The smallest absolute Gasteiger partial charge is 0.305 e. The number of ether oxygens (including phenoxy) is 3. The van der Waals surface area contributed by atoms with Crippen molar-refractivity contribution in [3.63, 3.8) is 0 Å². The second-order valence-corrected chi connectivity index (χ2v) is 4.38. The van der Waals surface area contributed by atoms with E-state index in [1.165, 1.54) is 7.11 Å². The van der Waals surface area contributed by atoms with Crippen molar-refractivity contribution in [1.82, 2.24) is 0 Å². The van der Waals surface area contributed by atoms with Gasteiger partial charge in [0.25, 0.3) is 0 Å². The molecule has 0 spiro atoms. The molecule has 5 nitrogen and oxygen atoms in total. The minimum Gasteiger partial charge on any atom is -0.494 e. The first kappa shape index (κ1) is 17.0. The molecule has 116 valence electrons. The Morgan fingerprint density at radius 1 is 1.05 bits per heavy atom. The normalized spacial score (nSPS) is 10.0. The van der Waals surface area contributed by atoms with Gasteiger partial charge in [-0.2, -0.15) is 0 Å². The zero-order valence-corrected chi connectivity index (χ0v) is 12.8. The van der Waals surface area contributed by atoms with Crippen LogP contribution in [-0.4, -0.2) is 32.1 Å². The molecule has 1 aromatic carbocycles. The van der Waals surface area contributed by atoms with Crippen LogP contribution in [0.4, 0.5) is 0 Å². The number of carbonyl (C=O) groups excluding carboxylic acids is 2. The summed E-state index contributed by atoms with van der Waals surface area (Å²) in [6, 6.07) is 5.21. The SMILES string of the molecule is CCOc1ccc(OCC)c(C(=O)CCCC(=O)OC)c1. The van der Waals surface area contributed by atoms with Crippen LogP contribution in [0.25, 0.3) is 0 Å². The van der Waals surface area contributed by atoms with Gasteiger partial charge in [-0.15, -0.1) is 0 Å². The van der Waals surface area contributed by atoms with Crippen molar-refractivity contribution in [1.29, 1.82) is 0 Å². The number of rotatable bonds is 9. The number of Topliss-reactive ketones (excluding diaryl/α,β-unsaturated/α-hetero) is 1. The molecule has 0 atom stereocenters. The summed E-state index contributed by atoms with van der Waals surface area (Å²) in [4.78, 5) is 23.3. The molecule has 0 heterocycles. The van der Waals surface area contributed by atoms with Gasteiger partial charge >= 0.3 is 5.97 Å². The summed E-state index contributed by atoms with van der Waals surface area (Å²) >= 11 is 0. The van der Waals surface area contributed by atoms with Crippen molar-refractivity contribution >= 4 is 11.8 Å². The summed E-state index contributed by atoms with van der Waals surface area (Å²) in [5.41, 5.74) is 0.493. The van der Waals surface area contributed by atoms with E-state index >= 15 is 0 Å². The summed E-state index contributed by atoms with van der Waals surface area (Å²) in [6.07, 6.45) is 0.956. The third-order valence-corrected chi connectivity index (χ3v) is 2.87. The van der Waals surface area contributed by atoms with Gasteiger partial charge in [-0.1, -0.05) is 0 Å². The molecule has 0 bridgehead atoms. The molecule has 0 aromatic heterocycles. The second kappa shape index (κ2) is 9.00. The van der Waals surface area contributed by atoms with Crippen molar-refractivity contribution < 1.29 is 23.8 Å². The van der Waals surface area contributed by atoms with E-state index in [1.54, 1.807) is 18.2 Å². The van der Waals surface area contributed by atoms with Gasteiger partial charge in [0.2, 0.25) is 0 Å². The standard InChI is InChI=1S/C16H22O5/c1-4-20-12-9-10-15(21-5-2)13(11-12)14(17)7-6-8-16(18)19-3/h9-11H,4-8H2,1-3H3. The molecular formula is C16H22O5. The fourth-order valence-electron chi connectivity index (χ4n) is 1.89. The first-order chi connectivity index (χ1) is 10.1. The van der Waals surface area contributed by atoms with Crippen LogP contribution < -0.4 is 9.47 Å². The lowest BCUT2D eigenvalue weighted by atomic mass is 10.0. The maximum atomic E-state index is 12.3. The maximum Gasteiger partial charge on any atom is 0.305 e. The Morgan fingerprint density at radius 2 is 1.76 bits per heavy atom. The Morgan fingerprint density at radius 3 is 2.38 bits per heavy atom. The molecule has 1 aromatic rings. The summed E-state index contributed by atoms with van der Waals surface area (Å²) in [5, 5.41) is 0. The topological polar surface area (TPSA) is 61.8 Å². The highest BCUT2D eigenvalue weighted by Gasteiger charge is 2.14. The molecule has 0 radical (unpaired) electrons. The number of hydrogen-bond donors (Lipinski definition) is 0. The number of benzene rings is 1. The summed E-state index contributed by atoms with van der Waals surface area (Å²) < 4.78 is 15.4. The number of methoxy groups -OCH3 is 1. The molecule has 21 heavy (non-hydrogen) atoms. The Balaban J connectivity index is 2.78. The van der Waals surface area contributed by atoms with E-state index < -0.39 is 0 Å². The molecule has 0 saturated carbocycles. The molecule has 0 aliphatic carbocycles. The van der Waals surface area contributed by atoms with Crippen molar-refractivity contribution in [3.8, 4) is 11.5 Å². The number of carbonyl (C=O) groups is 2.